The van der Waals surface area contributed by atoms with Gasteiger partial charge in [-0.2, -0.15) is 5.10 Å². The topological polar surface area (TPSA) is 65.0 Å². The Labute approximate surface area is 102 Å². The molecule has 1 aliphatic rings. The Morgan fingerprint density at radius 2 is 2.29 bits per heavy atom. The highest BCUT2D eigenvalue weighted by Gasteiger charge is 2.31. The lowest BCUT2D eigenvalue weighted by molar-refractivity contribution is 0.112. The van der Waals surface area contributed by atoms with Crippen molar-refractivity contribution in [1.29, 1.82) is 0 Å². The number of aromatic nitrogens is 3. The van der Waals surface area contributed by atoms with Gasteiger partial charge in [0, 0.05) is 6.04 Å². The van der Waals surface area contributed by atoms with Crippen LogP contribution in [0.1, 0.15) is 50.8 Å². The highest BCUT2D eigenvalue weighted by Crippen LogP contribution is 2.29. The van der Waals surface area contributed by atoms with Crippen LogP contribution >= 0.6 is 0 Å². The zero-order valence-electron chi connectivity index (χ0n) is 10.8. The van der Waals surface area contributed by atoms with E-state index in [-0.39, 0.29) is 12.1 Å². The fourth-order valence-electron chi connectivity index (χ4n) is 2.71. The molecule has 2 rings (SSSR count). The summed E-state index contributed by atoms with van der Waals surface area (Å²) in [6.45, 7) is 6.99. The SMILES string of the molecule is Cc1nc(C(C)N2CCCC2CC(C)O)n[nH]1. The molecule has 17 heavy (non-hydrogen) atoms. The van der Waals surface area contributed by atoms with Crippen molar-refractivity contribution in [3.63, 3.8) is 0 Å². The number of hydrogen-bond acceptors (Lipinski definition) is 4. The van der Waals surface area contributed by atoms with Crippen molar-refractivity contribution >= 4 is 0 Å². The normalized spacial score (nSPS) is 25.1. The molecule has 96 valence electrons. The van der Waals surface area contributed by atoms with Crippen molar-refractivity contribution in [2.24, 2.45) is 0 Å². The Balaban J connectivity index is 2.05. The molecule has 0 aliphatic carbocycles. The van der Waals surface area contributed by atoms with Crippen LogP contribution in [-0.4, -0.2) is 43.9 Å². The minimum atomic E-state index is -0.235. The Kier molecular flexibility index (Phi) is 3.79. The molecular formula is C12H22N4O. The van der Waals surface area contributed by atoms with Gasteiger partial charge in [-0.1, -0.05) is 0 Å². The van der Waals surface area contributed by atoms with E-state index in [1.54, 1.807) is 0 Å². The minimum absolute atomic E-state index is 0.228. The van der Waals surface area contributed by atoms with E-state index in [4.69, 9.17) is 0 Å². The number of aliphatic hydroxyl groups excluding tert-OH is 1. The molecule has 0 amide bonds. The second-order valence-corrected chi connectivity index (χ2v) is 5.07. The molecule has 2 heterocycles. The second-order valence-electron chi connectivity index (χ2n) is 5.07. The quantitative estimate of drug-likeness (QED) is 0.832. The number of nitrogens with zero attached hydrogens (tertiary/aromatic N) is 3. The molecule has 1 aromatic rings. The molecule has 2 N–H and O–H groups in total. The van der Waals surface area contributed by atoms with Gasteiger partial charge in [0.2, 0.25) is 0 Å². The van der Waals surface area contributed by atoms with E-state index in [1.807, 2.05) is 13.8 Å². The minimum Gasteiger partial charge on any atom is -0.393 e. The molecular weight excluding hydrogens is 216 g/mol. The van der Waals surface area contributed by atoms with E-state index in [0.29, 0.717) is 6.04 Å². The summed E-state index contributed by atoms with van der Waals surface area (Å²) in [6, 6.07) is 0.690. The number of aryl methyl sites for hydroxylation is 1. The number of H-pyrrole nitrogens is 1. The standard InChI is InChI=1S/C12H22N4O/c1-8(17)7-11-5-4-6-16(11)9(2)12-13-10(3)14-15-12/h8-9,11,17H,4-7H2,1-3H3,(H,13,14,15). The first-order valence-electron chi connectivity index (χ1n) is 6.40. The summed E-state index contributed by atoms with van der Waals surface area (Å²) in [7, 11) is 0. The lowest BCUT2D eigenvalue weighted by Gasteiger charge is -2.29. The molecule has 3 unspecified atom stereocenters. The van der Waals surface area contributed by atoms with Gasteiger partial charge in [0.25, 0.3) is 0 Å². The molecule has 5 nitrogen and oxygen atoms in total. The van der Waals surface area contributed by atoms with Gasteiger partial charge in [-0.25, -0.2) is 4.98 Å². The van der Waals surface area contributed by atoms with Gasteiger partial charge in [-0.3, -0.25) is 10.00 Å². The van der Waals surface area contributed by atoms with Crippen molar-refractivity contribution in [3.8, 4) is 0 Å². The van der Waals surface area contributed by atoms with E-state index >= 15 is 0 Å². The summed E-state index contributed by atoms with van der Waals surface area (Å²) in [5, 5.41) is 16.6. The molecule has 0 saturated carbocycles. The Bertz CT molecular complexity index is 363. The van der Waals surface area contributed by atoms with Gasteiger partial charge < -0.3 is 5.11 Å². The Morgan fingerprint density at radius 3 is 2.88 bits per heavy atom. The van der Waals surface area contributed by atoms with Crippen LogP contribution in [0.5, 0.6) is 0 Å². The van der Waals surface area contributed by atoms with E-state index < -0.39 is 0 Å². The fraction of sp³-hybridized carbons (Fsp3) is 0.833. The van der Waals surface area contributed by atoms with Gasteiger partial charge >= 0.3 is 0 Å². The fourth-order valence-corrected chi connectivity index (χ4v) is 2.71. The maximum Gasteiger partial charge on any atom is 0.167 e. The Hall–Kier alpha value is -0.940. The zero-order valence-corrected chi connectivity index (χ0v) is 10.8. The molecule has 1 saturated heterocycles. The summed E-state index contributed by atoms with van der Waals surface area (Å²) in [4.78, 5) is 6.81. The first-order valence-corrected chi connectivity index (χ1v) is 6.40. The molecule has 3 atom stereocenters. The summed E-state index contributed by atoms with van der Waals surface area (Å²) < 4.78 is 0. The Morgan fingerprint density at radius 1 is 1.53 bits per heavy atom. The van der Waals surface area contributed by atoms with E-state index in [2.05, 4.69) is 27.0 Å². The highest BCUT2D eigenvalue weighted by molar-refractivity contribution is 4.97. The van der Waals surface area contributed by atoms with Crippen LogP contribution in [0.3, 0.4) is 0 Å². The average molecular weight is 238 g/mol. The third kappa shape index (κ3) is 2.84. The summed E-state index contributed by atoms with van der Waals surface area (Å²) in [5.41, 5.74) is 0. The highest BCUT2D eigenvalue weighted by atomic mass is 16.3. The monoisotopic (exact) mass is 238 g/mol. The molecule has 1 aromatic heterocycles. The van der Waals surface area contributed by atoms with E-state index in [1.165, 1.54) is 12.8 Å². The summed E-state index contributed by atoms with van der Waals surface area (Å²) >= 11 is 0. The van der Waals surface area contributed by atoms with Crippen LogP contribution in [0.2, 0.25) is 0 Å². The molecule has 0 spiro atoms. The first kappa shape index (κ1) is 12.5. The van der Waals surface area contributed by atoms with Crippen molar-refractivity contribution < 1.29 is 5.11 Å². The molecule has 1 fully saturated rings. The molecule has 5 heteroatoms. The third-order valence-corrected chi connectivity index (χ3v) is 3.52. The predicted molar refractivity (Wildman–Crippen MR) is 65.6 cm³/mol. The maximum atomic E-state index is 9.52. The van der Waals surface area contributed by atoms with Crippen LogP contribution in [0.25, 0.3) is 0 Å². The van der Waals surface area contributed by atoms with Crippen molar-refractivity contribution in [3.05, 3.63) is 11.6 Å². The predicted octanol–water partition coefficient (Wildman–Crippen LogP) is 1.41. The van der Waals surface area contributed by atoms with Gasteiger partial charge in [-0.15, -0.1) is 0 Å². The first-order chi connectivity index (χ1) is 8.08. The lowest BCUT2D eigenvalue weighted by atomic mass is 10.1. The van der Waals surface area contributed by atoms with Crippen molar-refractivity contribution in [2.45, 2.75) is 58.2 Å². The van der Waals surface area contributed by atoms with Crippen LogP contribution in [0.15, 0.2) is 0 Å². The van der Waals surface area contributed by atoms with Crippen molar-refractivity contribution in [1.82, 2.24) is 20.1 Å². The number of aliphatic hydroxyl groups is 1. The molecule has 0 bridgehead atoms. The number of likely N-dealkylation sites (tertiary alicyclic amines) is 1. The smallest absolute Gasteiger partial charge is 0.167 e. The largest absolute Gasteiger partial charge is 0.393 e. The van der Waals surface area contributed by atoms with Gasteiger partial charge in [0.05, 0.1) is 12.1 Å². The van der Waals surface area contributed by atoms with Crippen molar-refractivity contribution in [2.75, 3.05) is 6.54 Å². The van der Waals surface area contributed by atoms with Gasteiger partial charge in [-0.05, 0) is 46.6 Å². The number of rotatable bonds is 4. The lowest BCUT2D eigenvalue weighted by Crippen LogP contribution is -2.34. The average Bonchev–Trinajstić information content (AvgIpc) is 2.85. The van der Waals surface area contributed by atoms with Crippen LogP contribution in [0, 0.1) is 6.92 Å². The second kappa shape index (κ2) is 5.14. The van der Waals surface area contributed by atoms with Crippen LogP contribution in [0.4, 0.5) is 0 Å². The number of nitrogens with one attached hydrogen (secondary N) is 1. The third-order valence-electron chi connectivity index (χ3n) is 3.52. The van der Waals surface area contributed by atoms with Crippen LogP contribution < -0.4 is 0 Å². The molecule has 0 radical (unpaired) electrons. The molecule has 0 aromatic carbocycles. The molecule has 1 aliphatic heterocycles. The van der Waals surface area contributed by atoms with E-state index in [9.17, 15) is 5.11 Å². The number of aromatic amines is 1. The number of hydrogen-bond donors (Lipinski definition) is 2. The summed E-state index contributed by atoms with van der Waals surface area (Å²) in [6.07, 6.45) is 2.97. The maximum absolute atomic E-state index is 9.52. The van der Waals surface area contributed by atoms with E-state index in [0.717, 1.165) is 24.6 Å². The van der Waals surface area contributed by atoms with Gasteiger partial charge in [0.1, 0.15) is 5.82 Å². The zero-order chi connectivity index (χ0) is 12.4. The van der Waals surface area contributed by atoms with Gasteiger partial charge in [0.15, 0.2) is 5.82 Å². The summed E-state index contributed by atoms with van der Waals surface area (Å²) in [5.74, 6) is 1.72. The van der Waals surface area contributed by atoms with Crippen LogP contribution in [-0.2, 0) is 0 Å².